The molecule has 0 saturated carbocycles. The van der Waals surface area contributed by atoms with E-state index in [0.717, 1.165) is 5.56 Å². The fourth-order valence-electron chi connectivity index (χ4n) is 5.17. The third-order valence-electron chi connectivity index (χ3n) is 6.71. The molecule has 4 unspecified atom stereocenters. The van der Waals surface area contributed by atoms with Crippen LogP contribution in [0, 0.1) is 39.8 Å². The molecule has 4 atom stereocenters. The van der Waals surface area contributed by atoms with Crippen LogP contribution in [0.5, 0.6) is 0 Å². The zero-order valence-corrected chi connectivity index (χ0v) is 17.9. The van der Waals surface area contributed by atoms with E-state index in [1.807, 2.05) is 30.3 Å². The summed E-state index contributed by atoms with van der Waals surface area (Å²) in [6.07, 6.45) is 3.49. The van der Waals surface area contributed by atoms with Gasteiger partial charge in [0.15, 0.2) is 17.0 Å². The molecule has 0 radical (unpaired) electrons. The first-order chi connectivity index (χ1) is 16.5. The maximum atomic E-state index is 14.0. The van der Waals surface area contributed by atoms with Crippen molar-refractivity contribution < 1.29 is 14.0 Å². The highest BCUT2D eigenvalue weighted by molar-refractivity contribution is 6.07. The van der Waals surface area contributed by atoms with E-state index in [4.69, 9.17) is 0 Å². The molecule has 0 aliphatic carbocycles. The third-order valence-corrected chi connectivity index (χ3v) is 6.71. The molecule has 0 spiro atoms. The van der Waals surface area contributed by atoms with Crippen LogP contribution in [0.4, 0.5) is 4.39 Å². The van der Waals surface area contributed by atoms with Gasteiger partial charge in [0, 0.05) is 17.3 Å². The first kappa shape index (κ1) is 21.3. The maximum Gasteiger partial charge on any atom is 0.187 e. The summed E-state index contributed by atoms with van der Waals surface area (Å²) in [5.74, 6) is -2.70. The Bertz CT molecular complexity index is 1400. The lowest BCUT2D eigenvalue weighted by molar-refractivity contribution is 0.0791. The molecule has 1 saturated heterocycles. The summed E-state index contributed by atoms with van der Waals surface area (Å²) in [4.78, 5) is 29.3. The number of nitrogens with zero attached hydrogens (tertiary/aromatic N) is 3. The molecule has 0 aromatic heterocycles. The van der Waals surface area contributed by atoms with Gasteiger partial charge in [-0.05, 0) is 41.5 Å². The minimum atomic E-state index is -1.84. The van der Waals surface area contributed by atoms with Gasteiger partial charge in [0.05, 0.1) is 18.2 Å². The highest BCUT2D eigenvalue weighted by atomic mass is 19.1. The van der Waals surface area contributed by atoms with Gasteiger partial charge in [-0.1, -0.05) is 54.6 Å². The number of fused-ring (bicyclic) bond motifs is 3. The second-order valence-corrected chi connectivity index (χ2v) is 8.39. The second kappa shape index (κ2) is 8.10. The first-order valence-electron chi connectivity index (χ1n) is 10.8. The summed E-state index contributed by atoms with van der Waals surface area (Å²) >= 11 is 0. The molecule has 1 fully saturated rings. The number of carbonyl (C=O) groups is 2. The molecule has 34 heavy (non-hydrogen) atoms. The smallest absolute Gasteiger partial charge is 0.187 e. The number of nitriles is 2. The normalized spacial score (nSPS) is 24.4. The van der Waals surface area contributed by atoms with Crippen LogP contribution in [0.2, 0.25) is 0 Å². The Morgan fingerprint density at radius 2 is 1.56 bits per heavy atom. The van der Waals surface area contributed by atoms with Gasteiger partial charge >= 0.3 is 0 Å². The van der Waals surface area contributed by atoms with E-state index in [9.17, 15) is 24.5 Å². The van der Waals surface area contributed by atoms with Gasteiger partial charge in [-0.3, -0.25) is 9.59 Å². The summed E-state index contributed by atoms with van der Waals surface area (Å²) < 4.78 is 13.5. The van der Waals surface area contributed by atoms with Crippen molar-refractivity contribution in [1.29, 1.82) is 10.5 Å². The summed E-state index contributed by atoms with van der Waals surface area (Å²) in [5.41, 5.74) is 0.183. The van der Waals surface area contributed by atoms with E-state index >= 15 is 0 Å². The minimum absolute atomic E-state index is 0.207. The van der Waals surface area contributed by atoms with Gasteiger partial charge < -0.3 is 4.90 Å². The minimum Gasteiger partial charge on any atom is -0.357 e. The van der Waals surface area contributed by atoms with Crippen molar-refractivity contribution in [1.82, 2.24) is 4.90 Å². The fourth-order valence-corrected chi connectivity index (χ4v) is 5.17. The fraction of sp³-hybridized carbons (Fsp3) is 0.143. The quantitative estimate of drug-likeness (QED) is 0.528. The number of carbonyl (C=O) groups excluding carboxylic acids is 2. The molecule has 2 aliphatic rings. The Labute approximate surface area is 196 Å². The Morgan fingerprint density at radius 3 is 2.24 bits per heavy atom. The Hall–Kier alpha value is -4.55. The van der Waals surface area contributed by atoms with Crippen molar-refractivity contribution in [3.8, 4) is 12.1 Å². The topological polar surface area (TPSA) is 85.0 Å². The standard InChI is InChI=1S/C28H18FN3O2/c29-21-12-10-19(11-13-21)25(33)24-23(16-30)28(17-31,27(34)20-7-2-1-3-8-20)26-22-9-5-4-6-18(22)14-15-32(24)26/h1-15,23-24,26H. The van der Waals surface area contributed by atoms with Crippen LogP contribution >= 0.6 is 0 Å². The zero-order valence-electron chi connectivity index (χ0n) is 17.9. The van der Waals surface area contributed by atoms with E-state index in [-0.39, 0.29) is 5.56 Å². The third kappa shape index (κ3) is 2.97. The second-order valence-electron chi connectivity index (χ2n) is 8.39. The van der Waals surface area contributed by atoms with Crippen LogP contribution in [0.25, 0.3) is 6.08 Å². The molecule has 5 nitrogen and oxygen atoms in total. The Kier molecular flexibility index (Phi) is 5.07. The van der Waals surface area contributed by atoms with E-state index in [1.54, 1.807) is 41.4 Å². The maximum absolute atomic E-state index is 14.0. The van der Waals surface area contributed by atoms with Crippen molar-refractivity contribution in [3.63, 3.8) is 0 Å². The molecular formula is C28H18FN3O2. The molecule has 0 bridgehead atoms. The molecule has 3 aromatic carbocycles. The molecule has 164 valence electrons. The number of Topliss-reactive ketones (excluding diaryl/α,β-unsaturated/α-hetero) is 2. The number of ketones is 2. The molecule has 2 aliphatic heterocycles. The summed E-state index contributed by atoms with van der Waals surface area (Å²) in [7, 11) is 0. The van der Waals surface area contributed by atoms with E-state index in [0.29, 0.717) is 11.1 Å². The Balaban J connectivity index is 1.75. The van der Waals surface area contributed by atoms with Crippen LogP contribution in [-0.4, -0.2) is 22.5 Å². The van der Waals surface area contributed by atoms with Crippen molar-refractivity contribution in [2.24, 2.45) is 11.3 Å². The average molecular weight is 447 g/mol. The molecule has 3 aromatic rings. The van der Waals surface area contributed by atoms with E-state index in [2.05, 4.69) is 12.1 Å². The highest BCUT2D eigenvalue weighted by Gasteiger charge is 2.66. The van der Waals surface area contributed by atoms with Crippen LogP contribution < -0.4 is 0 Å². The summed E-state index contributed by atoms with van der Waals surface area (Å²) in [6, 6.07) is 23.2. The number of rotatable bonds is 4. The van der Waals surface area contributed by atoms with E-state index < -0.39 is 40.8 Å². The summed E-state index contributed by atoms with van der Waals surface area (Å²) in [6.45, 7) is 0. The lowest BCUT2D eigenvalue weighted by Crippen LogP contribution is -2.41. The number of halogens is 1. The number of benzene rings is 3. The van der Waals surface area contributed by atoms with E-state index in [1.165, 1.54) is 24.3 Å². The van der Waals surface area contributed by atoms with Crippen molar-refractivity contribution in [3.05, 3.63) is 113 Å². The van der Waals surface area contributed by atoms with Gasteiger partial charge in [0.2, 0.25) is 0 Å². The Morgan fingerprint density at radius 1 is 0.882 bits per heavy atom. The van der Waals surface area contributed by atoms with Gasteiger partial charge in [-0.15, -0.1) is 0 Å². The number of hydrogen-bond donors (Lipinski definition) is 0. The van der Waals surface area contributed by atoms with Crippen molar-refractivity contribution in [2.45, 2.75) is 12.1 Å². The van der Waals surface area contributed by atoms with Crippen LogP contribution in [-0.2, 0) is 0 Å². The molecule has 2 heterocycles. The molecule has 6 heteroatoms. The van der Waals surface area contributed by atoms with Gasteiger partial charge in [0.1, 0.15) is 17.8 Å². The number of hydrogen-bond acceptors (Lipinski definition) is 5. The first-order valence-corrected chi connectivity index (χ1v) is 10.8. The van der Waals surface area contributed by atoms with Gasteiger partial charge in [0.25, 0.3) is 0 Å². The van der Waals surface area contributed by atoms with Crippen molar-refractivity contribution in [2.75, 3.05) is 0 Å². The molecule has 0 amide bonds. The monoisotopic (exact) mass is 447 g/mol. The van der Waals surface area contributed by atoms with Crippen LogP contribution in [0.15, 0.2) is 85.1 Å². The van der Waals surface area contributed by atoms with Gasteiger partial charge in [-0.25, -0.2) is 4.39 Å². The van der Waals surface area contributed by atoms with Crippen LogP contribution in [0.1, 0.15) is 37.9 Å². The molecule has 0 N–H and O–H groups in total. The lowest BCUT2D eigenvalue weighted by atomic mass is 9.65. The predicted octanol–water partition coefficient (Wildman–Crippen LogP) is 4.95. The highest BCUT2D eigenvalue weighted by Crippen LogP contribution is 2.57. The van der Waals surface area contributed by atoms with Gasteiger partial charge in [-0.2, -0.15) is 10.5 Å². The van der Waals surface area contributed by atoms with Crippen LogP contribution in [0.3, 0.4) is 0 Å². The van der Waals surface area contributed by atoms with Crippen molar-refractivity contribution >= 4 is 17.6 Å². The molecule has 5 rings (SSSR count). The SMILES string of the molecule is N#CC1C(C(=O)c2ccc(F)cc2)N2C=Cc3ccccc3C2C1(C#N)C(=O)c1ccccc1. The predicted molar refractivity (Wildman–Crippen MR) is 122 cm³/mol. The zero-order chi connectivity index (χ0) is 23.9. The lowest BCUT2D eigenvalue weighted by Gasteiger charge is -2.36. The summed E-state index contributed by atoms with van der Waals surface area (Å²) in [5, 5.41) is 20.9. The molecular weight excluding hydrogens is 429 g/mol. The average Bonchev–Trinajstić information content (AvgIpc) is 3.19. The largest absolute Gasteiger partial charge is 0.357 e.